The third-order valence-corrected chi connectivity index (χ3v) is 2.29. The van der Waals surface area contributed by atoms with Gasteiger partial charge in [-0.15, -0.1) is 0 Å². The number of pyridine rings is 1. The smallest absolute Gasteiger partial charge is 0.318 e. The highest BCUT2D eigenvalue weighted by molar-refractivity contribution is 5.53. The van der Waals surface area contributed by atoms with E-state index in [1.165, 1.54) is 29.9 Å². The highest BCUT2D eigenvalue weighted by Crippen LogP contribution is 2.21. The second-order valence-corrected chi connectivity index (χ2v) is 3.72. The van der Waals surface area contributed by atoms with Crippen molar-refractivity contribution in [3.63, 3.8) is 0 Å². The summed E-state index contributed by atoms with van der Waals surface area (Å²) >= 11 is 0. The van der Waals surface area contributed by atoms with Crippen LogP contribution in [0.3, 0.4) is 0 Å². The summed E-state index contributed by atoms with van der Waals surface area (Å²) in [5, 5.41) is 3.53. The molecule has 0 atom stereocenters. The average molecular weight is 258 g/mol. The Bertz CT molecular complexity index is 614. The van der Waals surface area contributed by atoms with Gasteiger partial charge in [0.25, 0.3) is 0 Å². The van der Waals surface area contributed by atoms with Gasteiger partial charge in [-0.3, -0.25) is 4.79 Å². The molecule has 2 heterocycles. The Hall–Kier alpha value is -2.12. The number of halogens is 3. The summed E-state index contributed by atoms with van der Waals surface area (Å²) in [6.45, 7) is -1.22. The highest BCUT2D eigenvalue weighted by atomic mass is 19.4. The Morgan fingerprint density at radius 1 is 1.33 bits per heavy atom. The average Bonchev–Trinajstić information content (AvgIpc) is 2.67. The van der Waals surface area contributed by atoms with Crippen LogP contribution in [-0.2, 0) is 13.6 Å². The van der Waals surface area contributed by atoms with Gasteiger partial charge in [-0.25, -0.2) is 9.67 Å². The number of rotatable bonds is 2. The molecule has 0 saturated heterocycles. The van der Waals surface area contributed by atoms with Gasteiger partial charge in [-0.2, -0.15) is 18.3 Å². The molecule has 0 saturated carbocycles. The zero-order valence-corrected chi connectivity index (χ0v) is 9.35. The number of hydrogen-bond donors (Lipinski definition) is 0. The van der Waals surface area contributed by atoms with Crippen molar-refractivity contribution < 1.29 is 13.2 Å². The molecule has 2 aromatic rings. The monoisotopic (exact) mass is 258 g/mol. The summed E-state index contributed by atoms with van der Waals surface area (Å²) in [6, 6.07) is 2.68. The minimum absolute atomic E-state index is 0.0722. The standard InChI is InChI=1S/C10H9F3N4O/c1-16-4-7(2-3-8(16)18)9-14-6-15-17(9)5-10(11,12)13/h2-4,6H,5H2,1H3. The van der Waals surface area contributed by atoms with Crippen molar-refractivity contribution >= 4 is 0 Å². The van der Waals surface area contributed by atoms with Crippen LogP contribution in [0.2, 0.25) is 0 Å². The van der Waals surface area contributed by atoms with Gasteiger partial charge in [0.15, 0.2) is 5.82 Å². The quantitative estimate of drug-likeness (QED) is 0.813. The van der Waals surface area contributed by atoms with Crippen LogP contribution in [0.25, 0.3) is 11.4 Å². The van der Waals surface area contributed by atoms with Crippen LogP contribution in [0, 0.1) is 0 Å². The van der Waals surface area contributed by atoms with E-state index in [1.54, 1.807) is 0 Å². The number of aromatic nitrogens is 4. The molecular formula is C10H9F3N4O. The normalized spacial score (nSPS) is 11.8. The van der Waals surface area contributed by atoms with E-state index in [9.17, 15) is 18.0 Å². The SMILES string of the molecule is Cn1cc(-c2ncnn2CC(F)(F)F)ccc1=O. The molecule has 18 heavy (non-hydrogen) atoms. The topological polar surface area (TPSA) is 52.7 Å². The molecule has 2 rings (SSSR count). The third-order valence-electron chi connectivity index (χ3n) is 2.29. The van der Waals surface area contributed by atoms with Gasteiger partial charge in [-0.05, 0) is 6.07 Å². The molecule has 0 aromatic carbocycles. The Balaban J connectivity index is 2.42. The Kier molecular flexibility index (Phi) is 2.93. The number of nitrogens with zero attached hydrogens (tertiary/aromatic N) is 4. The first kappa shape index (κ1) is 12.3. The van der Waals surface area contributed by atoms with E-state index in [1.807, 2.05) is 0 Å². The molecule has 0 spiro atoms. The third kappa shape index (κ3) is 2.58. The molecule has 2 aromatic heterocycles. The summed E-state index contributed by atoms with van der Waals surface area (Å²) in [7, 11) is 1.51. The van der Waals surface area contributed by atoms with Crippen molar-refractivity contribution in [1.82, 2.24) is 19.3 Å². The molecule has 0 bridgehead atoms. The second-order valence-electron chi connectivity index (χ2n) is 3.72. The Labute approximate surface area is 99.5 Å². The summed E-state index contributed by atoms with van der Waals surface area (Å²) in [5.74, 6) is 0.0722. The zero-order chi connectivity index (χ0) is 13.3. The molecule has 0 fully saturated rings. The predicted octanol–water partition coefficient (Wildman–Crippen LogP) is 1.21. The van der Waals surface area contributed by atoms with Crippen LogP contribution in [0.4, 0.5) is 13.2 Å². The van der Waals surface area contributed by atoms with Crippen LogP contribution >= 0.6 is 0 Å². The van der Waals surface area contributed by atoms with Gasteiger partial charge < -0.3 is 4.57 Å². The lowest BCUT2D eigenvalue weighted by atomic mass is 10.2. The fourth-order valence-electron chi connectivity index (χ4n) is 1.50. The van der Waals surface area contributed by atoms with Crippen molar-refractivity contribution in [2.45, 2.75) is 12.7 Å². The van der Waals surface area contributed by atoms with E-state index < -0.39 is 12.7 Å². The van der Waals surface area contributed by atoms with E-state index >= 15 is 0 Å². The van der Waals surface area contributed by atoms with Crippen molar-refractivity contribution in [3.05, 3.63) is 35.0 Å². The van der Waals surface area contributed by atoms with Crippen LogP contribution in [0.15, 0.2) is 29.5 Å². The molecule has 0 unspecified atom stereocenters. The number of hydrogen-bond acceptors (Lipinski definition) is 3. The first-order valence-electron chi connectivity index (χ1n) is 4.98. The number of aryl methyl sites for hydroxylation is 1. The van der Waals surface area contributed by atoms with Crippen molar-refractivity contribution in [2.24, 2.45) is 7.05 Å². The van der Waals surface area contributed by atoms with Crippen molar-refractivity contribution in [2.75, 3.05) is 0 Å². The van der Waals surface area contributed by atoms with Gasteiger partial charge in [0.1, 0.15) is 12.9 Å². The molecule has 0 radical (unpaired) electrons. The van der Waals surface area contributed by atoms with E-state index in [4.69, 9.17) is 0 Å². The minimum Gasteiger partial charge on any atom is -0.318 e. The predicted molar refractivity (Wildman–Crippen MR) is 56.8 cm³/mol. The molecule has 0 N–H and O–H groups in total. The first-order chi connectivity index (χ1) is 8.37. The van der Waals surface area contributed by atoms with Gasteiger partial charge >= 0.3 is 6.18 Å². The van der Waals surface area contributed by atoms with Gasteiger partial charge in [0.05, 0.1) is 0 Å². The second kappa shape index (κ2) is 4.28. The molecule has 8 heteroatoms. The first-order valence-corrected chi connectivity index (χ1v) is 4.98. The zero-order valence-electron chi connectivity index (χ0n) is 9.35. The van der Waals surface area contributed by atoms with E-state index in [0.29, 0.717) is 5.56 Å². The van der Waals surface area contributed by atoms with E-state index in [0.717, 1.165) is 11.0 Å². The maximum absolute atomic E-state index is 12.3. The maximum Gasteiger partial charge on any atom is 0.408 e. The molecule has 96 valence electrons. The van der Waals surface area contributed by atoms with E-state index in [2.05, 4.69) is 10.1 Å². The molecule has 0 aliphatic heterocycles. The van der Waals surface area contributed by atoms with Crippen molar-refractivity contribution in [3.8, 4) is 11.4 Å². The summed E-state index contributed by atoms with van der Waals surface area (Å²) in [5.41, 5.74) is 0.152. The highest BCUT2D eigenvalue weighted by Gasteiger charge is 2.29. The molecule has 5 nitrogen and oxygen atoms in total. The van der Waals surface area contributed by atoms with Gasteiger partial charge in [-0.1, -0.05) is 0 Å². The number of alkyl halides is 3. The molecule has 0 amide bonds. The summed E-state index contributed by atoms with van der Waals surface area (Å²) < 4.78 is 39.0. The van der Waals surface area contributed by atoms with Crippen molar-refractivity contribution in [1.29, 1.82) is 0 Å². The van der Waals surface area contributed by atoms with Gasteiger partial charge in [0, 0.05) is 24.9 Å². The van der Waals surface area contributed by atoms with Crippen LogP contribution in [0.5, 0.6) is 0 Å². The Morgan fingerprint density at radius 3 is 2.67 bits per heavy atom. The maximum atomic E-state index is 12.3. The summed E-state index contributed by atoms with van der Waals surface area (Å²) in [6.07, 6.45) is -1.91. The minimum atomic E-state index is -4.37. The fraction of sp³-hybridized carbons (Fsp3) is 0.300. The van der Waals surface area contributed by atoms with E-state index in [-0.39, 0.29) is 11.4 Å². The lowest BCUT2D eigenvalue weighted by molar-refractivity contribution is -0.142. The van der Waals surface area contributed by atoms with Crippen LogP contribution < -0.4 is 5.56 Å². The molecule has 0 aliphatic rings. The largest absolute Gasteiger partial charge is 0.408 e. The summed E-state index contributed by atoms with van der Waals surface area (Å²) in [4.78, 5) is 15.0. The van der Waals surface area contributed by atoms with Crippen LogP contribution in [0.1, 0.15) is 0 Å². The molecule has 0 aliphatic carbocycles. The van der Waals surface area contributed by atoms with Gasteiger partial charge in [0.2, 0.25) is 5.56 Å². The Morgan fingerprint density at radius 2 is 2.06 bits per heavy atom. The van der Waals surface area contributed by atoms with Crippen LogP contribution in [-0.4, -0.2) is 25.5 Å². The lowest BCUT2D eigenvalue weighted by Crippen LogP contribution is -2.20. The fourth-order valence-corrected chi connectivity index (χ4v) is 1.50. The lowest BCUT2D eigenvalue weighted by Gasteiger charge is -2.09. The molecular weight excluding hydrogens is 249 g/mol.